The molecule has 126 valence electrons. The molecule has 1 aliphatic heterocycles. The van der Waals surface area contributed by atoms with Crippen LogP contribution >= 0.6 is 23.5 Å². The van der Waals surface area contributed by atoms with Crippen molar-refractivity contribution in [3.63, 3.8) is 0 Å². The maximum absolute atomic E-state index is 12.3. The van der Waals surface area contributed by atoms with Gasteiger partial charge < -0.3 is 10.4 Å². The highest BCUT2D eigenvalue weighted by atomic mass is 32.2. The van der Waals surface area contributed by atoms with Crippen molar-refractivity contribution >= 4 is 35.4 Å². The SMILES string of the molecule is CCCC(C)(NC(=O)c1ccc(C2SCCCS2)cc1)C(=O)O. The molecule has 1 fully saturated rings. The van der Waals surface area contributed by atoms with Gasteiger partial charge >= 0.3 is 5.97 Å². The first-order valence-electron chi connectivity index (χ1n) is 7.85. The largest absolute Gasteiger partial charge is 0.480 e. The highest BCUT2D eigenvalue weighted by Gasteiger charge is 2.34. The quantitative estimate of drug-likeness (QED) is 0.811. The number of carboxylic acids is 1. The van der Waals surface area contributed by atoms with Gasteiger partial charge in [-0.15, -0.1) is 23.5 Å². The summed E-state index contributed by atoms with van der Waals surface area (Å²) in [6.45, 7) is 3.46. The summed E-state index contributed by atoms with van der Waals surface area (Å²) in [5.41, 5.74) is 0.494. The summed E-state index contributed by atoms with van der Waals surface area (Å²) in [6.07, 6.45) is 2.34. The van der Waals surface area contributed by atoms with E-state index in [1.165, 1.54) is 23.5 Å². The van der Waals surface area contributed by atoms with E-state index >= 15 is 0 Å². The van der Waals surface area contributed by atoms with Gasteiger partial charge in [0.15, 0.2) is 0 Å². The number of thioether (sulfide) groups is 2. The normalized spacial score (nSPS) is 18.2. The molecule has 0 aliphatic carbocycles. The van der Waals surface area contributed by atoms with Crippen molar-refractivity contribution in [2.24, 2.45) is 0 Å². The van der Waals surface area contributed by atoms with E-state index in [-0.39, 0.29) is 5.91 Å². The molecule has 2 N–H and O–H groups in total. The third-order valence-electron chi connectivity index (χ3n) is 3.88. The van der Waals surface area contributed by atoms with Crippen LogP contribution in [0.4, 0.5) is 0 Å². The number of hydrogen-bond donors (Lipinski definition) is 2. The summed E-state index contributed by atoms with van der Waals surface area (Å²) >= 11 is 3.87. The maximum atomic E-state index is 12.3. The molecule has 1 aromatic carbocycles. The van der Waals surface area contributed by atoms with Crippen molar-refractivity contribution in [2.45, 2.75) is 43.2 Å². The van der Waals surface area contributed by atoms with Gasteiger partial charge in [0.05, 0.1) is 4.58 Å². The van der Waals surface area contributed by atoms with Crippen LogP contribution in [0.5, 0.6) is 0 Å². The van der Waals surface area contributed by atoms with Crippen molar-refractivity contribution in [2.75, 3.05) is 11.5 Å². The van der Waals surface area contributed by atoms with Crippen LogP contribution < -0.4 is 5.32 Å². The highest BCUT2D eigenvalue weighted by molar-refractivity contribution is 8.16. The molecule has 0 saturated carbocycles. The predicted octanol–water partition coefficient (Wildman–Crippen LogP) is 3.93. The predicted molar refractivity (Wildman–Crippen MR) is 97.1 cm³/mol. The monoisotopic (exact) mass is 353 g/mol. The van der Waals surface area contributed by atoms with E-state index < -0.39 is 11.5 Å². The van der Waals surface area contributed by atoms with Gasteiger partial charge in [-0.2, -0.15) is 0 Å². The summed E-state index contributed by atoms with van der Waals surface area (Å²) in [5, 5.41) is 12.0. The molecule has 4 nitrogen and oxygen atoms in total. The zero-order valence-electron chi connectivity index (χ0n) is 13.5. The summed E-state index contributed by atoms with van der Waals surface area (Å²) < 4.78 is 0.435. The Kier molecular flexibility index (Phi) is 6.41. The fourth-order valence-corrected chi connectivity index (χ4v) is 5.41. The van der Waals surface area contributed by atoms with Crippen LogP contribution in [-0.2, 0) is 4.79 Å². The van der Waals surface area contributed by atoms with E-state index in [9.17, 15) is 14.7 Å². The fraction of sp³-hybridized carbons (Fsp3) is 0.529. The van der Waals surface area contributed by atoms with Gasteiger partial charge in [-0.25, -0.2) is 4.79 Å². The third kappa shape index (κ3) is 4.67. The number of carbonyl (C=O) groups excluding carboxylic acids is 1. The Morgan fingerprint density at radius 2 is 1.87 bits per heavy atom. The molecule has 0 spiro atoms. The first kappa shape index (κ1) is 18.2. The zero-order chi connectivity index (χ0) is 16.9. The molecule has 1 atom stereocenters. The Bertz CT molecular complexity index is 555. The van der Waals surface area contributed by atoms with Crippen LogP contribution in [0.15, 0.2) is 24.3 Å². The van der Waals surface area contributed by atoms with Crippen LogP contribution in [0.3, 0.4) is 0 Å². The summed E-state index contributed by atoms with van der Waals surface area (Å²) in [5.74, 6) is 1.01. The van der Waals surface area contributed by atoms with Crippen LogP contribution in [0.2, 0.25) is 0 Å². The Morgan fingerprint density at radius 3 is 2.39 bits per heavy atom. The molecular weight excluding hydrogens is 330 g/mol. The first-order valence-corrected chi connectivity index (χ1v) is 9.95. The number of amides is 1. The van der Waals surface area contributed by atoms with Gasteiger partial charge in [-0.3, -0.25) is 4.79 Å². The molecule has 1 heterocycles. The van der Waals surface area contributed by atoms with Crippen LogP contribution in [0.25, 0.3) is 0 Å². The molecular formula is C17H23NO3S2. The Morgan fingerprint density at radius 1 is 1.26 bits per heavy atom. The lowest BCUT2D eigenvalue weighted by Gasteiger charge is -2.26. The minimum atomic E-state index is -1.22. The minimum Gasteiger partial charge on any atom is -0.480 e. The second-order valence-electron chi connectivity index (χ2n) is 5.89. The van der Waals surface area contributed by atoms with Crippen molar-refractivity contribution in [3.05, 3.63) is 35.4 Å². The Labute approximate surface area is 145 Å². The standard InChI is InChI=1S/C17H23NO3S2/c1-3-9-17(2,16(20)21)18-14(19)12-5-7-13(8-6-12)15-22-10-4-11-23-15/h5-8,15H,3-4,9-11H2,1-2H3,(H,18,19)(H,20,21). The topological polar surface area (TPSA) is 66.4 Å². The molecule has 1 unspecified atom stereocenters. The number of rotatable bonds is 6. The van der Waals surface area contributed by atoms with Gasteiger partial charge in [0, 0.05) is 5.56 Å². The fourth-order valence-electron chi connectivity index (χ4n) is 2.52. The molecule has 0 bridgehead atoms. The van der Waals surface area contributed by atoms with Crippen LogP contribution in [0.1, 0.15) is 53.6 Å². The minimum absolute atomic E-state index is 0.334. The van der Waals surface area contributed by atoms with Gasteiger partial charge in [0.25, 0.3) is 5.91 Å². The van der Waals surface area contributed by atoms with E-state index in [1.807, 2.05) is 42.6 Å². The second kappa shape index (κ2) is 8.11. The van der Waals surface area contributed by atoms with Crippen molar-refractivity contribution in [3.8, 4) is 0 Å². The van der Waals surface area contributed by atoms with Crippen LogP contribution in [0, 0.1) is 0 Å². The van der Waals surface area contributed by atoms with E-state index in [0.717, 1.165) is 0 Å². The lowest BCUT2D eigenvalue weighted by Crippen LogP contribution is -2.52. The Balaban J connectivity index is 2.06. The number of nitrogens with one attached hydrogen (secondary N) is 1. The first-order chi connectivity index (χ1) is 11.0. The van der Waals surface area contributed by atoms with Crippen molar-refractivity contribution in [1.29, 1.82) is 0 Å². The lowest BCUT2D eigenvalue weighted by molar-refractivity contribution is -0.144. The summed E-state index contributed by atoms with van der Waals surface area (Å²) in [6, 6.07) is 7.52. The molecule has 1 saturated heterocycles. The maximum Gasteiger partial charge on any atom is 0.329 e. The smallest absolute Gasteiger partial charge is 0.329 e. The average Bonchev–Trinajstić information content (AvgIpc) is 2.56. The van der Waals surface area contributed by atoms with E-state index in [0.29, 0.717) is 23.0 Å². The molecule has 23 heavy (non-hydrogen) atoms. The van der Waals surface area contributed by atoms with Gasteiger partial charge in [-0.05, 0) is 49.0 Å². The number of carboxylic acid groups (broad SMARTS) is 1. The molecule has 2 rings (SSSR count). The van der Waals surface area contributed by atoms with E-state index in [1.54, 1.807) is 19.1 Å². The number of benzene rings is 1. The van der Waals surface area contributed by atoms with Gasteiger partial charge in [-0.1, -0.05) is 25.5 Å². The number of hydrogen-bond acceptors (Lipinski definition) is 4. The van der Waals surface area contributed by atoms with Crippen LogP contribution in [-0.4, -0.2) is 34.0 Å². The van der Waals surface area contributed by atoms with E-state index in [2.05, 4.69) is 5.32 Å². The van der Waals surface area contributed by atoms with E-state index in [4.69, 9.17) is 0 Å². The van der Waals surface area contributed by atoms with Gasteiger partial charge in [0.2, 0.25) is 0 Å². The van der Waals surface area contributed by atoms with Crippen molar-refractivity contribution in [1.82, 2.24) is 5.32 Å². The molecule has 1 aliphatic rings. The average molecular weight is 354 g/mol. The number of aliphatic carboxylic acids is 1. The van der Waals surface area contributed by atoms with Crippen molar-refractivity contribution < 1.29 is 14.7 Å². The third-order valence-corrected chi connectivity index (χ3v) is 6.90. The molecule has 0 radical (unpaired) electrons. The molecule has 1 amide bonds. The van der Waals surface area contributed by atoms with Gasteiger partial charge in [0.1, 0.15) is 5.54 Å². The summed E-state index contributed by atoms with van der Waals surface area (Å²) in [4.78, 5) is 23.8. The second-order valence-corrected chi connectivity index (χ2v) is 8.61. The Hall–Kier alpha value is -1.14. The lowest BCUT2D eigenvalue weighted by atomic mass is 9.95. The highest BCUT2D eigenvalue weighted by Crippen LogP contribution is 2.43. The molecule has 0 aromatic heterocycles. The summed E-state index contributed by atoms with van der Waals surface area (Å²) in [7, 11) is 0. The zero-order valence-corrected chi connectivity index (χ0v) is 15.1. The molecule has 1 aromatic rings. The molecule has 6 heteroatoms. The number of carbonyl (C=O) groups is 2.